The monoisotopic (exact) mass is 430 g/mol. The summed E-state index contributed by atoms with van der Waals surface area (Å²) in [5, 5.41) is 8.32. The number of rotatable bonds is 5. The normalized spacial score (nSPS) is 13.2. The van der Waals surface area contributed by atoms with Gasteiger partial charge in [-0.3, -0.25) is 9.48 Å². The van der Waals surface area contributed by atoms with Crippen molar-refractivity contribution in [2.45, 2.75) is 20.0 Å². The van der Waals surface area contributed by atoms with Crippen LogP contribution in [0.2, 0.25) is 0 Å². The molecule has 0 radical (unpaired) electrons. The maximum absolute atomic E-state index is 12.8. The van der Waals surface area contributed by atoms with Gasteiger partial charge in [-0.25, -0.2) is 0 Å². The molecule has 1 amide bonds. The number of aromatic nitrogens is 3. The third kappa shape index (κ3) is 3.60. The van der Waals surface area contributed by atoms with E-state index < -0.39 is 6.10 Å². The maximum Gasteiger partial charge on any atom is 0.265 e. The molecule has 4 aromatic rings. The molecule has 8 heteroatoms. The van der Waals surface area contributed by atoms with Crippen molar-refractivity contribution in [1.82, 2.24) is 14.8 Å². The SMILES string of the molecule is Cc1nn(C)c2nc(OC(C)C(=O)Nc3ccc4c(c3)OCO4)cc(-c3ccccc3)c12. The van der Waals surface area contributed by atoms with Crippen molar-refractivity contribution in [2.24, 2.45) is 7.05 Å². The van der Waals surface area contributed by atoms with Crippen LogP contribution in [0.25, 0.3) is 22.2 Å². The summed E-state index contributed by atoms with van der Waals surface area (Å²) in [6.07, 6.45) is -0.775. The number of ether oxygens (including phenoxy) is 3. The van der Waals surface area contributed by atoms with E-state index in [4.69, 9.17) is 14.2 Å². The zero-order valence-electron chi connectivity index (χ0n) is 18.0. The van der Waals surface area contributed by atoms with Crippen molar-refractivity contribution in [2.75, 3.05) is 12.1 Å². The van der Waals surface area contributed by atoms with E-state index in [1.807, 2.05) is 50.4 Å². The average Bonchev–Trinajstić information content (AvgIpc) is 3.37. The van der Waals surface area contributed by atoms with Gasteiger partial charge < -0.3 is 19.5 Å². The fourth-order valence-electron chi connectivity index (χ4n) is 3.78. The number of pyridine rings is 1. The van der Waals surface area contributed by atoms with E-state index in [0.717, 1.165) is 22.2 Å². The molecule has 32 heavy (non-hydrogen) atoms. The second-order valence-electron chi connectivity index (χ2n) is 7.60. The lowest BCUT2D eigenvalue weighted by atomic mass is 10.0. The van der Waals surface area contributed by atoms with Crippen LogP contribution in [0.3, 0.4) is 0 Å². The lowest BCUT2D eigenvalue weighted by molar-refractivity contribution is -0.122. The predicted molar refractivity (Wildman–Crippen MR) is 120 cm³/mol. The number of nitrogens with zero attached hydrogens (tertiary/aromatic N) is 3. The number of carbonyl (C=O) groups is 1. The Morgan fingerprint density at radius 1 is 1.12 bits per heavy atom. The van der Waals surface area contributed by atoms with Gasteiger partial charge in [0.15, 0.2) is 23.3 Å². The molecule has 1 aliphatic rings. The quantitative estimate of drug-likeness (QED) is 0.513. The van der Waals surface area contributed by atoms with Gasteiger partial charge in [-0.2, -0.15) is 10.1 Å². The minimum Gasteiger partial charge on any atom is -0.464 e. The maximum atomic E-state index is 12.8. The first-order chi connectivity index (χ1) is 15.5. The lowest BCUT2D eigenvalue weighted by Crippen LogP contribution is -2.30. The molecule has 2 aromatic carbocycles. The molecule has 0 bridgehead atoms. The molecular formula is C24H22N4O4. The molecule has 5 rings (SSSR count). The average molecular weight is 430 g/mol. The Bertz CT molecular complexity index is 1320. The number of aryl methyl sites for hydroxylation is 2. The molecule has 0 fully saturated rings. The highest BCUT2D eigenvalue weighted by Crippen LogP contribution is 2.35. The first kappa shape index (κ1) is 19.9. The van der Waals surface area contributed by atoms with E-state index in [-0.39, 0.29) is 12.7 Å². The number of anilines is 1. The highest BCUT2D eigenvalue weighted by molar-refractivity contribution is 5.96. The number of nitrogens with one attached hydrogen (secondary N) is 1. The van der Waals surface area contributed by atoms with Gasteiger partial charge in [0.1, 0.15) is 0 Å². The third-order valence-corrected chi connectivity index (χ3v) is 5.34. The van der Waals surface area contributed by atoms with Crippen LogP contribution < -0.4 is 19.5 Å². The highest BCUT2D eigenvalue weighted by Gasteiger charge is 2.21. The van der Waals surface area contributed by atoms with Crippen LogP contribution in [-0.4, -0.2) is 33.6 Å². The molecule has 0 saturated heterocycles. The number of amides is 1. The topological polar surface area (TPSA) is 87.5 Å². The summed E-state index contributed by atoms with van der Waals surface area (Å²) < 4.78 is 18.3. The van der Waals surface area contributed by atoms with Crippen LogP contribution in [0, 0.1) is 6.92 Å². The standard InChI is InChI=1S/C24H22N4O4/c1-14-22-18(16-7-5-4-6-8-16)12-21(26-23(22)28(3)27-14)32-15(2)24(29)25-17-9-10-19-20(11-17)31-13-30-19/h4-12,15H,13H2,1-3H3,(H,25,29). The molecule has 8 nitrogen and oxygen atoms in total. The van der Waals surface area contributed by atoms with Gasteiger partial charge in [0, 0.05) is 24.9 Å². The molecule has 1 aliphatic heterocycles. The molecule has 162 valence electrons. The second kappa shape index (κ2) is 7.88. The summed E-state index contributed by atoms with van der Waals surface area (Å²) in [4.78, 5) is 17.4. The van der Waals surface area contributed by atoms with Gasteiger partial charge in [0.05, 0.1) is 11.1 Å². The molecule has 0 saturated carbocycles. The van der Waals surface area contributed by atoms with Crippen LogP contribution in [0.15, 0.2) is 54.6 Å². The molecule has 3 heterocycles. The lowest BCUT2D eigenvalue weighted by Gasteiger charge is -2.15. The molecule has 1 unspecified atom stereocenters. The van der Waals surface area contributed by atoms with Crippen molar-refractivity contribution >= 4 is 22.6 Å². The van der Waals surface area contributed by atoms with Crippen molar-refractivity contribution in [1.29, 1.82) is 0 Å². The third-order valence-electron chi connectivity index (χ3n) is 5.34. The van der Waals surface area contributed by atoms with Gasteiger partial charge in [-0.05, 0) is 37.1 Å². The van der Waals surface area contributed by atoms with Gasteiger partial charge in [-0.15, -0.1) is 0 Å². The number of fused-ring (bicyclic) bond motifs is 2. The fraction of sp³-hybridized carbons (Fsp3) is 0.208. The number of hydrogen-bond acceptors (Lipinski definition) is 6. The first-order valence-corrected chi connectivity index (χ1v) is 10.3. The molecular weight excluding hydrogens is 408 g/mol. The summed E-state index contributed by atoms with van der Waals surface area (Å²) in [5.41, 5.74) is 4.17. The van der Waals surface area contributed by atoms with Crippen LogP contribution in [0.1, 0.15) is 12.6 Å². The van der Waals surface area contributed by atoms with Crippen LogP contribution in [-0.2, 0) is 11.8 Å². The fourth-order valence-corrected chi connectivity index (χ4v) is 3.78. The summed E-state index contributed by atoms with van der Waals surface area (Å²) in [6.45, 7) is 3.82. The minimum atomic E-state index is -0.775. The Labute approximate surface area is 184 Å². The van der Waals surface area contributed by atoms with E-state index in [2.05, 4.69) is 15.4 Å². The number of benzene rings is 2. The van der Waals surface area contributed by atoms with Crippen molar-refractivity contribution < 1.29 is 19.0 Å². The Morgan fingerprint density at radius 2 is 1.91 bits per heavy atom. The van der Waals surface area contributed by atoms with Gasteiger partial charge in [0.2, 0.25) is 12.7 Å². The summed E-state index contributed by atoms with van der Waals surface area (Å²) in [6, 6.07) is 17.1. The zero-order chi connectivity index (χ0) is 22.2. The van der Waals surface area contributed by atoms with Gasteiger partial charge >= 0.3 is 0 Å². The summed E-state index contributed by atoms with van der Waals surface area (Å²) in [7, 11) is 1.84. The molecule has 0 aliphatic carbocycles. The van der Waals surface area contributed by atoms with Gasteiger partial charge in [-0.1, -0.05) is 30.3 Å². The Balaban J connectivity index is 1.42. The minimum absolute atomic E-state index is 0.178. The Kier molecular flexibility index (Phi) is 4.89. The predicted octanol–water partition coefficient (Wildman–Crippen LogP) is 4.08. The Hall–Kier alpha value is -4.07. The second-order valence-corrected chi connectivity index (χ2v) is 7.60. The smallest absolute Gasteiger partial charge is 0.265 e. The first-order valence-electron chi connectivity index (χ1n) is 10.3. The zero-order valence-corrected chi connectivity index (χ0v) is 18.0. The van der Waals surface area contributed by atoms with Crippen molar-refractivity contribution in [3.8, 4) is 28.5 Å². The van der Waals surface area contributed by atoms with E-state index in [1.54, 1.807) is 29.8 Å². The van der Waals surface area contributed by atoms with Crippen LogP contribution in [0.4, 0.5) is 5.69 Å². The van der Waals surface area contributed by atoms with E-state index in [9.17, 15) is 4.79 Å². The molecule has 1 atom stereocenters. The molecule has 0 spiro atoms. The van der Waals surface area contributed by atoms with Crippen molar-refractivity contribution in [3.05, 3.63) is 60.3 Å². The largest absolute Gasteiger partial charge is 0.464 e. The van der Waals surface area contributed by atoms with E-state index in [0.29, 0.717) is 28.7 Å². The summed E-state index contributed by atoms with van der Waals surface area (Å²) >= 11 is 0. The number of hydrogen-bond donors (Lipinski definition) is 1. The number of carbonyl (C=O) groups excluding carboxylic acids is 1. The highest BCUT2D eigenvalue weighted by atomic mass is 16.7. The van der Waals surface area contributed by atoms with Crippen LogP contribution >= 0.6 is 0 Å². The van der Waals surface area contributed by atoms with Crippen molar-refractivity contribution in [3.63, 3.8) is 0 Å². The summed E-state index contributed by atoms with van der Waals surface area (Å²) in [5.74, 6) is 1.31. The van der Waals surface area contributed by atoms with Crippen LogP contribution in [0.5, 0.6) is 17.4 Å². The molecule has 1 N–H and O–H groups in total. The molecule has 2 aromatic heterocycles. The Morgan fingerprint density at radius 3 is 2.72 bits per heavy atom. The van der Waals surface area contributed by atoms with E-state index in [1.165, 1.54) is 0 Å². The van der Waals surface area contributed by atoms with Gasteiger partial charge in [0.25, 0.3) is 5.91 Å². The van der Waals surface area contributed by atoms with E-state index >= 15 is 0 Å².